The summed E-state index contributed by atoms with van der Waals surface area (Å²) in [7, 11) is 1.87. The quantitative estimate of drug-likeness (QED) is 0.730. The van der Waals surface area contributed by atoms with Crippen LogP contribution in [-0.4, -0.2) is 20.2 Å². The standard InChI is InChI=1S/C16H16N4/c1-12(16-17-18-19-20(16)2)13-8-10-15(11-9-13)14-6-4-3-5-7-14/h3-12H,1-2H3. The maximum Gasteiger partial charge on any atom is 0.158 e. The van der Waals surface area contributed by atoms with E-state index in [0.29, 0.717) is 0 Å². The van der Waals surface area contributed by atoms with Crippen LogP contribution in [0.2, 0.25) is 0 Å². The fraction of sp³-hybridized carbons (Fsp3) is 0.188. The maximum atomic E-state index is 4.07. The van der Waals surface area contributed by atoms with Crippen molar-refractivity contribution in [1.29, 1.82) is 0 Å². The summed E-state index contributed by atoms with van der Waals surface area (Å²) in [5.41, 5.74) is 3.66. The number of rotatable bonds is 3. The lowest BCUT2D eigenvalue weighted by atomic mass is 9.97. The predicted octanol–water partition coefficient (Wildman–Crippen LogP) is 3.03. The van der Waals surface area contributed by atoms with Gasteiger partial charge in [-0.25, -0.2) is 4.68 Å². The van der Waals surface area contributed by atoms with Crippen LogP contribution in [0.25, 0.3) is 11.1 Å². The number of benzene rings is 2. The molecule has 1 aromatic heterocycles. The summed E-state index contributed by atoms with van der Waals surface area (Å²) in [5.74, 6) is 1.05. The molecule has 0 N–H and O–H groups in total. The van der Waals surface area contributed by atoms with Gasteiger partial charge in [-0.15, -0.1) is 5.10 Å². The molecule has 3 aromatic rings. The second kappa shape index (κ2) is 5.25. The summed E-state index contributed by atoms with van der Waals surface area (Å²) in [6.07, 6.45) is 0. The summed E-state index contributed by atoms with van der Waals surface area (Å²) in [6, 6.07) is 18.9. The summed E-state index contributed by atoms with van der Waals surface area (Å²) in [6.45, 7) is 2.11. The molecule has 0 radical (unpaired) electrons. The molecular weight excluding hydrogens is 248 g/mol. The number of tetrazole rings is 1. The molecule has 0 bridgehead atoms. The van der Waals surface area contributed by atoms with E-state index in [0.717, 1.165) is 5.82 Å². The van der Waals surface area contributed by atoms with Crippen LogP contribution < -0.4 is 0 Å². The van der Waals surface area contributed by atoms with Crippen molar-refractivity contribution in [3.63, 3.8) is 0 Å². The highest BCUT2D eigenvalue weighted by molar-refractivity contribution is 5.63. The molecule has 0 saturated heterocycles. The number of aryl methyl sites for hydroxylation is 1. The molecule has 1 heterocycles. The van der Waals surface area contributed by atoms with Crippen molar-refractivity contribution in [3.05, 3.63) is 66.0 Å². The van der Waals surface area contributed by atoms with Gasteiger partial charge in [0.15, 0.2) is 5.82 Å². The maximum absolute atomic E-state index is 4.07. The summed E-state index contributed by atoms with van der Waals surface area (Å²) in [5, 5.41) is 11.7. The fourth-order valence-electron chi connectivity index (χ4n) is 2.35. The Balaban J connectivity index is 1.89. The highest BCUT2D eigenvalue weighted by Gasteiger charge is 2.14. The zero-order chi connectivity index (χ0) is 13.9. The van der Waals surface area contributed by atoms with E-state index in [4.69, 9.17) is 0 Å². The van der Waals surface area contributed by atoms with Gasteiger partial charge >= 0.3 is 0 Å². The molecule has 0 saturated carbocycles. The molecular formula is C16H16N4. The van der Waals surface area contributed by atoms with E-state index < -0.39 is 0 Å². The van der Waals surface area contributed by atoms with Gasteiger partial charge in [0, 0.05) is 13.0 Å². The zero-order valence-corrected chi connectivity index (χ0v) is 11.6. The van der Waals surface area contributed by atoms with E-state index in [9.17, 15) is 0 Å². The van der Waals surface area contributed by atoms with Gasteiger partial charge in [-0.1, -0.05) is 61.5 Å². The molecule has 0 spiro atoms. The number of hydrogen-bond acceptors (Lipinski definition) is 3. The van der Waals surface area contributed by atoms with Crippen LogP contribution in [0, 0.1) is 0 Å². The van der Waals surface area contributed by atoms with Gasteiger partial charge in [-0.05, 0) is 27.1 Å². The lowest BCUT2D eigenvalue weighted by Crippen LogP contribution is -2.05. The second-order valence-electron chi connectivity index (χ2n) is 4.87. The van der Waals surface area contributed by atoms with Crippen LogP contribution in [0.3, 0.4) is 0 Å². The molecule has 0 amide bonds. The number of aromatic nitrogens is 4. The van der Waals surface area contributed by atoms with Crippen LogP contribution in [0.5, 0.6) is 0 Å². The Kier molecular flexibility index (Phi) is 3.29. The van der Waals surface area contributed by atoms with Crippen molar-refractivity contribution in [2.45, 2.75) is 12.8 Å². The van der Waals surface area contributed by atoms with Gasteiger partial charge in [-0.2, -0.15) is 0 Å². The molecule has 0 aliphatic carbocycles. The first kappa shape index (κ1) is 12.5. The third-order valence-electron chi connectivity index (χ3n) is 3.56. The van der Waals surface area contributed by atoms with E-state index in [2.05, 4.69) is 71.0 Å². The SMILES string of the molecule is CC(c1ccc(-c2ccccc2)cc1)c1nnnn1C. The van der Waals surface area contributed by atoms with Crippen LogP contribution in [0.15, 0.2) is 54.6 Å². The molecule has 1 atom stereocenters. The van der Waals surface area contributed by atoms with Crippen LogP contribution in [-0.2, 0) is 7.05 Å². The van der Waals surface area contributed by atoms with Gasteiger partial charge in [0.1, 0.15) is 0 Å². The van der Waals surface area contributed by atoms with Gasteiger partial charge < -0.3 is 0 Å². The molecule has 20 heavy (non-hydrogen) atoms. The van der Waals surface area contributed by atoms with Crippen molar-refractivity contribution in [1.82, 2.24) is 20.2 Å². The van der Waals surface area contributed by atoms with E-state index >= 15 is 0 Å². The molecule has 100 valence electrons. The highest BCUT2D eigenvalue weighted by Crippen LogP contribution is 2.25. The molecule has 0 aliphatic rings. The average molecular weight is 264 g/mol. The summed E-state index contributed by atoms with van der Waals surface area (Å²) < 4.78 is 1.72. The normalized spacial score (nSPS) is 12.3. The van der Waals surface area contributed by atoms with Crippen LogP contribution in [0.4, 0.5) is 0 Å². The molecule has 3 rings (SSSR count). The Morgan fingerprint density at radius 3 is 2.15 bits per heavy atom. The van der Waals surface area contributed by atoms with E-state index in [-0.39, 0.29) is 5.92 Å². The Morgan fingerprint density at radius 2 is 1.55 bits per heavy atom. The van der Waals surface area contributed by atoms with Gasteiger partial charge in [-0.3, -0.25) is 0 Å². The van der Waals surface area contributed by atoms with Gasteiger partial charge in [0.2, 0.25) is 0 Å². The highest BCUT2D eigenvalue weighted by atomic mass is 15.5. The Bertz CT molecular complexity index is 686. The topological polar surface area (TPSA) is 43.6 Å². The molecule has 2 aromatic carbocycles. The largest absolute Gasteiger partial charge is 0.232 e. The smallest absolute Gasteiger partial charge is 0.158 e. The van der Waals surface area contributed by atoms with Crippen LogP contribution >= 0.6 is 0 Å². The van der Waals surface area contributed by atoms with E-state index in [1.807, 2.05) is 13.1 Å². The zero-order valence-electron chi connectivity index (χ0n) is 11.6. The molecule has 1 unspecified atom stereocenters. The monoisotopic (exact) mass is 264 g/mol. The lowest BCUT2D eigenvalue weighted by molar-refractivity contribution is 0.658. The number of nitrogens with zero attached hydrogens (tertiary/aromatic N) is 4. The molecule has 0 aliphatic heterocycles. The Hall–Kier alpha value is -2.49. The van der Waals surface area contributed by atoms with Crippen molar-refractivity contribution >= 4 is 0 Å². The second-order valence-corrected chi connectivity index (χ2v) is 4.87. The van der Waals surface area contributed by atoms with E-state index in [1.165, 1.54) is 16.7 Å². The van der Waals surface area contributed by atoms with Gasteiger partial charge in [0.05, 0.1) is 0 Å². The summed E-state index contributed by atoms with van der Waals surface area (Å²) >= 11 is 0. The predicted molar refractivity (Wildman–Crippen MR) is 78.2 cm³/mol. The molecule has 4 heteroatoms. The minimum Gasteiger partial charge on any atom is -0.232 e. The number of hydrogen-bond donors (Lipinski definition) is 0. The minimum atomic E-state index is 0.180. The molecule has 4 nitrogen and oxygen atoms in total. The first-order valence-corrected chi connectivity index (χ1v) is 6.63. The first-order chi connectivity index (χ1) is 9.75. The fourth-order valence-corrected chi connectivity index (χ4v) is 2.35. The Labute approximate surface area is 118 Å². The Morgan fingerprint density at radius 1 is 0.900 bits per heavy atom. The lowest BCUT2D eigenvalue weighted by Gasteiger charge is -2.11. The van der Waals surface area contributed by atoms with Crippen molar-refractivity contribution in [2.24, 2.45) is 7.05 Å². The third kappa shape index (κ3) is 2.32. The van der Waals surface area contributed by atoms with Gasteiger partial charge in [0.25, 0.3) is 0 Å². The van der Waals surface area contributed by atoms with Crippen molar-refractivity contribution in [3.8, 4) is 11.1 Å². The van der Waals surface area contributed by atoms with Crippen molar-refractivity contribution < 1.29 is 0 Å². The van der Waals surface area contributed by atoms with Crippen molar-refractivity contribution in [2.75, 3.05) is 0 Å². The average Bonchev–Trinajstić information content (AvgIpc) is 2.94. The minimum absolute atomic E-state index is 0.180. The van der Waals surface area contributed by atoms with Crippen LogP contribution in [0.1, 0.15) is 24.2 Å². The third-order valence-corrected chi connectivity index (χ3v) is 3.56. The summed E-state index contributed by atoms with van der Waals surface area (Å²) in [4.78, 5) is 0. The van der Waals surface area contributed by atoms with E-state index in [1.54, 1.807) is 4.68 Å². The first-order valence-electron chi connectivity index (χ1n) is 6.63. The molecule has 0 fully saturated rings.